The SMILES string of the molecule is Cc1ccc(N2CCN(C(=O)Cc3cccc(OC(F)(F)F)c3)CC2c2ccc(Cl)cc2)c(Cl)c1. The fourth-order valence-corrected chi connectivity index (χ4v) is 4.72. The predicted octanol–water partition coefficient (Wildman–Crippen LogP) is 6.83. The zero-order valence-electron chi connectivity index (χ0n) is 18.9. The summed E-state index contributed by atoms with van der Waals surface area (Å²) in [6.07, 6.45) is -4.82. The van der Waals surface area contributed by atoms with Crippen molar-refractivity contribution in [2.24, 2.45) is 0 Å². The molecule has 3 aromatic rings. The third kappa shape index (κ3) is 6.41. The summed E-state index contributed by atoms with van der Waals surface area (Å²) in [7, 11) is 0. The molecule has 0 N–H and O–H groups in total. The van der Waals surface area contributed by atoms with Gasteiger partial charge in [-0.1, -0.05) is 53.5 Å². The number of rotatable bonds is 5. The summed E-state index contributed by atoms with van der Waals surface area (Å²) in [5.74, 6) is -0.525. The molecule has 0 spiro atoms. The van der Waals surface area contributed by atoms with Crippen LogP contribution in [0.25, 0.3) is 0 Å². The van der Waals surface area contributed by atoms with Crippen molar-refractivity contribution in [2.75, 3.05) is 24.5 Å². The van der Waals surface area contributed by atoms with Crippen LogP contribution >= 0.6 is 23.2 Å². The van der Waals surface area contributed by atoms with Crippen LogP contribution < -0.4 is 9.64 Å². The molecule has 1 saturated heterocycles. The van der Waals surface area contributed by atoms with Crippen LogP contribution in [0.3, 0.4) is 0 Å². The zero-order valence-corrected chi connectivity index (χ0v) is 20.4. The molecule has 0 aliphatic carbocycles. The second-order valence-corrected chi connectivity index (χ2v) is 9.27. The lowest BCUT2D eigenvalue weighted by atomic mass is 10.00. The summed E-state index contributed by atoms with van der Waals surface area (Å²) in [6, 6.07) is 18.7. The van der Waals surface area contributed by atoms with E-state index in [4.69, 9.17) is 23.2 Å². The van der Waals surface area contributed by atoms with Crippen molar-refractivity contribution in [3.8, 4) is 5.75 Å². The number of hydrogen-bond donors (Lipinski definition) is 0. The highest BCUT2D eigenvalue weighted by Gasteiger charge is 2.33. The molecule has 9 heteroatoms. The molecular formula is C26H23Cl2F3N2O2. The second-order valence-electron chi connectivity index (χ2n) is 8.43. The van der Waals surface area contributed by atoms with Crippen LogP contribution in [-0.4, -0.2) is 36.8 Å². The lowest BCUT2D eigenvalue weighted by Gasteiger charge is -2.43. The van der Waals surface area contributed by atoms with Gasteiger partial charge in [0, 0.05) is 24.7 Å². The van der Waals surface area contributed by atoms with E-state index in [9.17, 15) is 18.0 Å². The van der Waals surface area contributed by atoms with Crippen LogP contribution in [0.4, 0.5) is 18.9 Å². The largest absolute Gasteiger partial charge is 0.573 e. The van der Waals surface area contributed by atoms with Crippen LogP contribution in [0.1, 0.15) is 22.7 Å². The monoisotopic (exact) mass is 522 g/mol. The van der Waals surface area contributed by atoms with Gasteiger partial charge < -0.3 is 14.5 Å². The summed E-state index contributed by atoms with van der Waals surface area (Å²) < 4.78 is 41.7. The molecule has 0 aromatic heterocycles. The number of alkyl halides is 3. The van der Waals surface area contributed by atoms with E-state index in [1.807, 2.05) is 37.3 Å². The normalized spacial score (nSPS) is 16.3. The van der Waals surface area contributed by atoms with Gasteiger partial charge in [0.15, 0.2) is 0 Å². The third-order valence-corrected chi connectivity index (χ3v) is 6.44. The second kappa shape index (κ2) is 10.4. The first-order valence-corrected chi connectivity index (χ1v) is 11.8. The number of benzene rings is 3. The average Bonchev–Trinajstić information content (AvgIpc) is 2.78. The molecule has 1 heterocycles. The zero-order chi connectivity index (χ0) is 25.2. The fourth-order valence-electron chi connectivity index (χ4n) is 4.25. The molecule has 1 aliphatic rings. The molecule has 1 fully saturated rings. The van der Waals surface area contributed by atoms with E-state index in [0.29, 0.717) is 35.2 Å². The Balaban J connectivity index is 1.55. The van der Waals surface area contributed by atoms with Gasteiger partial charge >= 0.3 is 6.36 Å². The Labute approximate surface area is 211 Å². The van der Waals surface area contributed by atoms with Crippen LogP contribution in [0.5, 0.6) is 5.75 Å². The number of amides is 1. The first-order chi connectivity index (χ1) is 16.6. The maximum atomic E-state index is 13.1. The van der Waals surface area contributed by atoms with Gasteiger partial charge in [-0.15, -0.1) is 13.2 Å². The van der Waals surface area contributed by atoms with Crippen LogP contribution in [0.15, 0.2) is 66.7 Å². The molecule has 35 heavy (non-hydrogen) atoms. The lowest BCUT2D eigenvalue weighted by Crippen LogP contribution is -2.51. The number of carbonyl (C=O) groups excluding carboxylic acids is 1. The molecule has 3 aromatic carbocycles. The summed E-state index contributed by atoms with van der Waals surface area (Å²) in [6.45, 7) is 3.35. The van der Waals surface area contributed by atoms with Crippen molar-refractivity contribution in [1.29, 1.82) is 0 Å². The minimum Gasteiger partial charge on any atom is -0.406 e. The Kier molecular flexibility index (Phi) is 7.47. The van der Waals surface area contributed by atoms with Crippen molar-refractivity contribution in [1.82, 2.24) is 4.90 Å². The van der Waals surface area contributed by atoms with E-state index < -0.39 is 6.36 Å². The number of hydrogen-bond acceptors (Lipinski definition) is 3. The Hall–Kier alpha value is -2.90. The molecule has 0 bridgehead atoms. The summed E-state index contributed by atoms with van der Waals surface area (Å²) in [5, 5.41) is 1.24. The highest BCUT2D eigenvalue weighted by molar-refractivity contribution is 6.33. The first kappa shape index (κ1) is 25.2. The third-order valence-electron chi connectivity index (χ3n) is 5.89. The molecule has 4 nitrogen and oxygen atoms in total. The maximum absolute atomic E-state index is 13.1. The Morgan fingerprint density at radius 2 is 1.77 bits per heavy atom. The quantitative estimate of drug-likeness (QED) is 0.368. The number of halogens is 5. The first-order valence-electron chi connectivity index (χ1n) is 11.0. The van der Waals surface area contributed by atoms with Crippen molar-refractivity contribution in [3.63, 3.8) is 0 Å². The predicted molar refractivity (Wildman–Crippen MR) is 131 cm³/mol. The van der Waals surface area contributed by atoms with Gasteiger partial charge in [0.2, 0.25) is 5.91 Å². The van der Waals surface area contributed by atoms with Crippen LogP contribution in [0.2, 0.25) is 10.0 Å². The van der Waals surface area contributed by atoms with E-state index in [-0.39, 0.29) is 24.1 Å². The van der Waals surface area contributed by atoms with Crippen molar-refractivity contribution < 1.29 is 22.7 Å². The molecule has 4 rings (SSSR count). The van der Waals surface area contributed by atoms with Crippen molar-refractivity contribution >= 4 is 34.8 Å². The molecule has 1 aliphatic heterocycles. The van der Waals surface area contributed by atoms with Gasteiger partial charge in [-0.25, -0.2) is 0 Å². The maximum Gasteiger partial charge on any atom is 0.573 e. The Bertz CT molecular complexity index is 1200. The molecular weight excluding hydrogens is 500 g/mol. The van der Waals surface area contributed by atoms with Crippen LogP contribution in [0, 0.1) is 6.92 Å². The van der Waals surface area contributed by atoms with E-state index >= 15 is 0 Å². The van der Waals surface area contributed by atoms with Gasteiger partial charge in [0.1, 0.15) is 5.75 Å². The van der Waals surface area contributed by atoms with Crippen molar-refractivity contribution in [3.05, 3.63) is 93.5 Å². The van der Waals surface area contributed by atoms with Gasteiger partial charge in [-0.05, 0) is 60.0 Å². The number of ether oxygens (including phenoxy) is 1. The van der Waals surface area contributed by atoms with Gasteiger partial charge in [-0.3, -0.25) is 4.79 Å². The number of anilines is 1. The highest BCUT2D eigenvalue weighted by atomic mass is 35.5. The van der Waals surface area contributed by atoms with Crippen molar-refractivity contribution in [2.45, 2.75) is 25.7 Å². The Morgan fingerprint density at radius 3 is 2.46 bits per heavy atom. The minimum absolute atomic E-state index is 0.0340. The molecule has 1 unspecified atom stereocenters. The fraction of sp³-hybridized carbons (Fsp3) is 0.269. The van der Waals surface area contributed by atoms with Gasteiger partial charge in [0.25, 0.3) is 0 Å². The number of nitrogens with zero attached hydrogens (tertiary/aromatic N) is 2. The average molecular weight is 523 g/mol. The Morgan fingerprint density at radius 1 is 1.03 bits per heavy atom. The lowest BCUT2D eigenvalue weighted by molar-refractivity contribution is -0.274. The van der Waals surface area contributed by atoms with E-state index in [0.717, 1.165) is 16.8 Å². The minimum atomic E-state index is -4.79. The van der Waals surface area contributed by atoms with Gasteiger partial charge in [0.05, 0.1) is 23.2 Å². The number of aryl methyl sites for hydroxylation is 1. The molecule has 184 valence electrons. The van der Waals surface area contributed by atoms with E-state index in [1.165, 1.54) is 18.2 Å². The summed E-state index contributed by atoms with van der Waals surface area (Å²) >= 11 is 12.7. The summed E-state index contributed by atoms with van der Waals surface area (Å²) in [5.41, 5.74) is 3.35. The topological polar surface area (TPSA) is 32.8 Å². The standard InChI is InChI=1S/C26H23Cl2F3N2O2/c1-17-5-10-23(22(28)13-17)33-12-11-32(16-24(33)19-6-8-20(27)9-7-19)25(34)15-18-3-2-4-21(14-18)35-26(29,30)31/h2-10,13-14,24H,11-12,15-16H2,1H3. The van der Waals surface area contributed by atoms with E-state index in [2.05, 4.69) is 9.64 Å². The summed E-state index contributed by atoms with van der Waals surface area (Å²) in [4.78, 5) is 17.1. The smallest absolute Gasteiger partial charge is 0.406 e. The van der Waals surface area contributed by atoms with E-state index in [1.54, 1.807) is 23.1 Å². The molecule has 1 amide bonds. The number of piperazine rings is 1. The highest BCUT2D eigenvalue weighted by Crippen LogP contribution is 2.36. The molecule has 1 atom stereocenters. The molecule has 0 saturated carbocycles. The van der Waals surface area contributed by atoms with Gasteiger partial charge in [-0.2, -0.15) is 0 Å². The number of carbonyl (C=O) groups is 1. The molecule has 0 radical (unpaired) electrons. The van der Waals surface area contributed by atoms with Crippen LogP contribution in [-0.2, 0) is 11.2 Å².